The van der Waals surface area contributed by atoms with Crippen molar-refractivity contribution in [2.75, 3.05) is 0 Å². The molecule has 0 spiro atoms. The van der Waals surface area contributed by atoms with Crippen molar-refractivity contribution in [1.29, 1.82) is 0 Å². The molecule has 0 aromatic rings. The van der Waals surface area contributed by atoms with Crippen LogP contribution >= 0.6 is 0 Å². The van der Waals surface area contributed by atoms with E-state index in [1.807, 2.05) is 0 Å². The van der Waals surface area contributed by atoms with Crippen LogP contribution in [0.3, 0.4) is 0 Å². The molecule has 4 nitrogen and oxygen atoms in total. The van der Waals surface area contributed by atoms with Gasteiger partial charge in [0.1, 0.15) is 0 Å². The lowest BCUT2D eigenvalue weighted by atomic mass is 9.88. The SMILES string of the molecule is C=C(C)C(CC(O)C(C)(C)O)C(=O)O. The number of rotatable bonds is 5. The number of aliphatic hydroxyl groups excluding tert-OH is 1. The maximum atomic E-state index is 10.7. The van der Waals surface area contributed by atoms with Gasteiger partial charge in [-0.25, -0.2) is 0 Å². The van der Waals surface area contributed by atoms with Crippen molar-refractivity contribution in [1.82, 2.24) is 0 Å². The van der Waals surface area contributed by atoms with Gasteiger partial charge in [-0.15, -0.1) is 0 Å². The van der Waals surface area contributed by atoms with Gasteiger partial charge < -0.3 is 15.3 Å². The van der Waals surface area contributed by atoms with E-state index in [4.69, 9.17) is 5.11 Å². The van der Waals surface area contributed by atoms with Gasteiger partial charge in [-0.05, 0) is 27.2 Å². The van der Waals surface area contributed by atoms with Gasteiger partial charge in [-0.3, -0.25) is 4.79 Å². The summed E-state index contributed by atoms with van der Waals surface area (Å²) in [5, 5.41) is 27.7. The summed E-state index contributed by atoms with van der Waals surface area (Å²) in [7, 11) is 0. The van der Waals surface area contributed by atoms with Crippen LogP contribution in [0.25, 0.3) is 0 Å². The molecule has 82 valence electrons. The normalized spacial score (nSPS) is 16.1. The van der Waals surface area contributed by atoms with E-state index >= 15 is 0 Å². The van der Waals surface area contributed by atoms with Crippen LogP contribution in [0.4, 0.5) is 0 Å². The minimum Gasteiger partial charge on any atom is -0.481 e. The maximum Gasteiger partial charge on any atom is 0.310 e. The molecular weight excluding hydrogens is 184 g/mol. The number of carbonyl (C=O) groups is 1. The third-order valence-electron chi connectivity index (χ3n) is 2.17. The van der Waals surface area contributed by atoms with Crippen LogP contribution in [0.1, 0.15) is 27.2 Å². The number of carboxylic acid groups (broad SMARTS) is 1. The van der Waals surface area contributed by atoms with E-state index in [2.05, 4.69) is 6.58 Å². The molecule has 0 amide bonds. The average Bonchev–Trinajstić information content (AvgIpc) is 1.96. The van der Waals surface area contributed by atoms with E-state index in [1.165, 1.54) is 13.8 Å². The number of aliphatic hydroxyl groups is 2. The summed E-state index contributed by atoms with van der Waals surface area (Å²) in [4.78, 5) is 10.7. The Bertz CT molecular complexity index is 213. The molecule has 0 fully saturated rings. The summed E-state index contributed by atoms with van der Waals surface area (Å²) in [5.74, 6) is -1.84. The molecule has 0 aromatic carbocycles. The largest absolute Gasteiger partial charge is 0.481 e. The summed E-state index contributed by atoms with van der Waals surface area (Å²) < 4.78 is 0. The van der Waals surface area contributed by atoms with Crippen molar-refractivity contribution >= 4 is 5.97 Å². The number of carboxylic acids is 1. The Hall–Kier alpha value is -0.870. The summed E-state index contributed by atoms with van der Waals surface area (Å²) in [6, 6.07) is 0. The summed E-state index contributed by atoms with van der Waals surface area (Å²) in [5.41, 5.74) is -0.816. The minimum absolute atomic E-state index is 0.0197. The van der Waals surface area contributed by atoms with Crippen molar-refractivity contribution in [2.45, 2.75) is 38.9 Å². The molecule has 4 heteroatoms. The predicted octanol–water partition coefficient (Wildman–Crippen LogP) is 0.785. The topological polar surface area (TPSA) is 77.8 Å². The number of aliphatic carboxylic acids is 1. The monoisotopic (exact) mass is 202 g/mol. The van der Waals surface area contributed by atoms with Gasteiger partial charge in [0.25, 0.3) is 0 Å². The van der Waals surface area contributed by atoms with Crippen molar-refractivity contribution in [3.05, 3.63) is 12.2 Å². The molecule has 0 aliphatic carbocycles. The van der Waals surface area contributed by atoms with Crippen molar-refractivity contribution < 1.29 is 20.1 Å². The van der Waals surface area contributed by atoms with Gasteiger partial charge in [-0.1, -0.05) is 12.2 Å². The zero-order valence-electron chi connectivity index (χ0n) is 8.82. The van der Waals surface area contributed by atoms with Crippen molar-refractivity contribution in [3.8, 4) is 0 Å². The highest BCUT2D eigenvalue weighted by molar-refractivity contribution is 5.73. The second-order valence-corrected chi connectivity index (χ2v) is 4.14. The Morgan fingerprint density at radius 1 is 1.50 bits per heavy atom. The molecule has 0 bridgehead atoms. The molecular formula is C10H18O4. The first-order chi connectivity index (χ1) is 6.16. The first kappa shape index (κ1) is 13.1. The smallest absolute Gasteiger partial charge is 0.310 e. The van der Waals surface area contributed by atoms with E-state index in [0.717, 1.165) is 0 Å². The second kappa shape index (κ2) is 4.57. The molecule has 0 aliphatic heterocycles. The third-order valence-corrected chi connectivity index (χ3v) is 2.17. The maximum absolute atomic E-state index is 10.7. The van der Waals surface area contributed by atoms with Gasteiger partial charge in [0.05, 0.1) is 17.6 Å². The predicted molar refractivity (Wildman–Crippen MR) is 52.9 cm³/mol. The van der Waals surface area contributed by atoms with Crippen LogP contribution in [0.15, 0.2) is 12.2 Å². The molecule has 0 aliphatic rings. The van der Waals surface area contributed by atoms with Crippen molar-refractivity contribution in [3.63, 3.8) is 0 Å². The Labute approximate surface area is 83.9 Å². The van der Waals surface area contributed by atoms with Gasteiger partial charge >= 0.3 is 5.97 Å². The zero-order valence-corrected chi connectivity index (χ0v) is 8.82. The molecule has 0 rings (SSSR count). The molecule has 0 aromatic heterocycles. The lowest BCUT2D eigenvalue weighted by Gasteiger charge is -2.26. The van der Waals surface area contributed by atoms with Crippen molar-refractivity contribution in [2.24, 2.45) is 5.92 Å². The van der Waals surface area contributed by atoms with Gasteiger partial charge in [0.2, 0.25) is 0 Å². The molecule has 14 heavy (non-hydrogen) atoms. The van der Waals surface area contributed by atoms with E-state index in [1.54, 1.807) is 6.92 Å². The fraction of sp³-hybridized carbons (Fsp3) is 0.700. The zero-order chi connectivity index (χ0) is 11.5. The lowest BCUT2D eigenvalue weighted by molar-refractivity contribution is -0.142. The van der Waals surface area contributed by atoms with E-state index in [9.17, 15) is 15.0 Å². The van der Waals surface area contributed by atoms with Crippen LogP contribution in [0.5, 0.6) is 0 Å². The quantitative estimate of drug-likeness (QED) is 0.576. The Balaban J connectivity index is 4.47. The van der Waals surface area contributed by atoms with Crippen LogP contribution in [-0.4, -0.2) is 33.0 Å². The summed E-state index contributed by atoms with van der Waals surface area (Å²) >= 11 is 0. The second-order valence-electron chi connectivity index (χ2n) is 4.14. The summed E-state index contributed by atoms with van der Waals surface area (Å²) in [6.07, 6.45) is -1.09. The van der Waals surface area contributed by atoms with Gasteiger partial charge in [0.15, 0.2) is 0 Å². The first-order valence-electron chi connectivity index (χ1n) is 4.45. The molecule has 0 saturated heterocycles. The molecule has 3 N–H and O–H groups in total. The molecule has 2 atom stereocenters. The molecule has 0 radical (unpaired) electrons. The fourth-order valence-corrected chi connectivity index (χ4v) is 1.02. The highest BCUT2D eigenvalue weighted by Gasteiger charge is 2.30. The van der Waals surface area contributed by atoms with Gasteiger partial charge in [-0.2, -0.15) is 0 Å². The number of hydrogen-bond acceptors (Lipinski definition) is 3. The van der Waals surface area contributed by atoms with Crippen LogP contribution in [-0.2, 0) is 4.79 Å². The standard InChI is InChI=1S/C10H18O4/c1-6(2)7(9(12)13)5-8(11)10(3,4)14/h7-8,11,14H,1,5H2,2-4H3,(H,12,13). The van der Waals surface area contributed by atoms with E-state index in [-0.39, 0.29) is 6.42 Å². The summed E-state index contributed by atoms with van der Waals surface area (Å²) in [6.45, 7) is 8.01. The minimum atomic E-state index is -1.29. The van der Waals surface area contributed by atoms with Crippen LogP contribution in [0.2, 0.25) is 0 Å². The van der Waals surface area contributed by atoms with E-state index < -0.39 is 23.6 Å². The highest BCUT2D eigenvalue weighted by Crippen LogP contribution is 2.21. The third kappa shape index (κ3) is 3.89. The lowest BCUT2D eigenvalue weighted by Crippen LogP contribution is -2.38. The average molecular weight is 202 g/mol. The van der Waals surface area contributed by atoms with E-state index in [0.29, 0.717) is 5.57 Å². The van der Waals surface area contributed by atoms with Crippen LogP contribution in [0, 0.1) is 5.92 Å². The molecule has 0 heterocycles. The Morgan fingerprint density at radius 2 is 1.93 bits per heavy atom. The Morgan fingerprint density at radius 3 is 2.14 bits per heavy atom. The van der Waals surface area contributed by atoms with Crippen LogP contribution < -0.4 is 0 Å². The molecule has 0 saturated carbocycles. The highest BCUT2D eigenvalue weighted by atomic mass is 16.4. The Kier molecular flexibility index (Phi) is 4.29. The molecule has 2 unspecified atom stereocenters. The van der Waals surface area contributed by atoms with Gasteiger partial charge in [0, 0.05) is 0 Å². The first-order valence-corrected chi connectivity index (χ1v) is 4.45. The fourth-order valence-electron chi connectivity index (χ4n) is 1.02. The number of hydrogen-bond donors (Lipinski definition) is 3.